The molecule has 0 saturated heterocycles. The molecule has 1 unspecified atom stereocenters. The van der Waals surface area contributed by atoms with E-state index in [0.29, 0.717) is 12.2 Å². The lowest BCUT2D eigenvalue weighted by Crippen LogP contribution is -2.27. The van der Waals surface area contributed by atoms with Crippen molar-refractivity contribution in [3.05, 3.63) is 65.2 Å². The predicted octanol–water partition coefficient (Wildman–Crippen LogP) is 3.00. The lowest BCUT2D eigenvalue weighted by atomic mass is 9.99. The highest BCUT2D eigenvalue weighted by molar-refractivity contribution is 5.83. The summed E-state index contributed by atoms with van der Waals surface area (Å²) in [5.41, 5.74) is 9.69. The molecule has 1 atom stereocenters. The molecule has 1 amide bonds. The Hall–Kier alpha value is -2.29. The average Bonchev–Trinajstić information content (AvgIpc) is 2.45. The van der Waals surface area contributed by atoms with Gasteiger partial charge in [-0.2, -0.15) is 0 Å². The Morgan fingerprint density at radius 2 is 1.95 bits per heavy atom. The van der Waals surface area contributed by atoms with Crippen molar-refractivity contribution in [1.29, 1.82) is 0 Å². The van der Waals surface area contributed by atoms with Crippen LogP contribution in [0.4, 0.5) is 5.69 Å². The second-order valence-corrected chi connectivity index (χ2v) is 5.04. The predicted molar refractivity (Wildman–Crippen MR) is 82.3 cm³/mol. The lowest BCUT2D eigenvalue weighted by molar-refractivity contribution is -0.122. The van der Waals surface area contributed by atoms with Crippen molar-refractivity contribution < 1.29 is 4.79 Å². The molecule has 3 nitrogen and oxygen atoms in total. The van der Waals surface area contributed by atoms with Gasteiger partial charge in [-0.05, 0) is 42.7 Å². The van der Waals surface area contributed by atoms with Gasteiger partial charge >= 0.3 is 0 Å². The van der Waals surface area contributed by atoms with E-state index in [9.17, 15) is 4.79 Å². The Bertz CT molecular complexity index is 607. The van der Waals surface area contributed by atoms with Gasteiger partial charge in [0.15, 0.2) is 0 Å². The molecule has 0 spiro atoms. The minimum Gasteiger partial charge on any atom is -0.399 e. The van der Waals surface area contributed by atoms with Gasteiger partial charge in [-0.1, -0.05) is 36.4 Å². The van der Waals surface area contributed by atoms with Gasteiger partial charge in [0.05, 0.1) is 5.92 Å². The Labute approximate surface area is 119 Å². The van der Waals surface area contributed by atoms with Crippen molar-refractivity contribution in [2.24, 2.45) is 0 Å². The topological polar surface area (TPSA) is 55.1 Å². The van der Waals surface area contributed by atoms with Gasteiger partial charge < -0.3 is 11.1 Å². The third kappa shape index (κ3) is 3.38. The van der Waals surface area contributed by atoms with Gasteiger partial charge in [-0.25, -0.2) is 0 Å². The van der Waals surface area contributed by atoms with Gasteiger partial charge in [-0.15, -0.1) is 0 Å². The van der Waals surface area contributed by atoms with E-state index in [0.717, 1.165) is 11.1 Å². The quantitative estimate of drug-likeness (QED) is 0.837. The summed E-state index contributed by atoms with van der Waals surface area (Å²) in [6.45, 7) is 4.49. The first-order valence-electron chi connectivity index (χ1n) is 6.75. The van der Waals surface area contributed by atoms with Crippen LogP contribution >= 0.6 is 0 Å². The molecule has 104 valence electrons. The van der Waals surface area contributed by atoms with Crippen LogP contribution in [0.25, 0.3) is 0 Å². The minimum absolute atomic E-state index is 0.0128. The summed E-state index contributed by atoms with van der Waals surface area (Å²) in [6.07, 6.45) is 0. The molecule has 2 rings (SSSR count). The van der Waals surface area contributed by atoms with E-state index in [1.165, 1.54) is 5.56 Å². The summed E-state index contributed by atoms with van der Waals surface area (Å²) < 4.78 is 0. The zero-order chi connectivity index (χ0) is 14.5. The highest BCUT2D eigenvalue weighted by Crippen LogP contribution is 2.18. The first-order valence-corrected chi connectivity index (χ1v) is 6.75. The molecule has 0 bridgehead atoms. The number of carbonyl (C=O) groups excluding carboxylic acids is 1. The molecule has 0 aliphatic rings. The molecule has 3 heteroatoms. The Morgan fingerprint density at radius 1 is 1.20 bits per heavy atom. The summed E-state index contributed by atoms with van der Waals surface area (Å²) in [5, 5.41) is 2.98. The van der Waals surface area contributed by atoms with E-state index in [1.54, 1.807) is 0 Å². The first-order chi connectivity index (χ1) is 9.58. The Kier molecular flexibility index (Phi) is 4.41. The second-order valence-electron chi connectivity index (χ2n) is 5.04. The van der Waals surface area contributed by atoms with E-state index < -0.39 is 0 Å². The maximum Gasteiger partial charge on any atom is 0.227 e. The Balaban J connectivity index is 2.00. The summed E-state index contributed by atoms with van der Waals surface area (Å²) in [7, 11) is 0. The van der Waals surface area contributed by atoms with E-state index in [4.69, 9.17) is 5.73 Å². The highest BCUT2D eigenvalue weighted by Gasteiger charge is 2.15. The van der Waals surface area contributed by atoms with Crippen LogP contribution in [0, 0.1) is 6.92 Å². The van der Waals surface area contributed by atoms with Gasteiger partial charge in [0.1, 0.15) is 0 Å². The molecule has 0 radical (unpaired) electrons. The van der Waals surface area contributed by atoms with Crippen LogP contribution in [0.3, 0.4) is 0 Å². The molecule has 0 fully saturated rings. The number of amides is 1. The number of hydrogen-bond acceptors (Lipinski definition) is 2. The maximum absolute atomic E-state index is 12.2. The minimum atomic E-state index is -0.206. The van der Waals surface area contributed by atoms with Crippen LogP contribution < -0.4 is 11.1 Å². The number of nitrogens with one attached hydrogen (secondary N) is 1. The SMILES string of the molecule is Cc1ccccc1CNC(=O)C(C)c1cccc(N)c1. The number of nitrogen functional groups attached to an aromatic ring is 1. The molecule has 0 aliphatic heterocycles. The number of aryl methyl sites for hydroxylation is 1. The molecule has 0 saturated carbocycles. The van der Waals surface area contributed by atoms with Crippen LogP contribution in [0.15, 0.2) is 48.5 Å². The third-order valence-electron chi connectivity index (χ3n) is 3.52. The molecule has 2 aromatic carbocycles. The highest BCUT2D eigenvalue weighted by atomic mass is 16.1. The Morgan fingerprint density at radius 3 is 2.65 bits per heavy atom. The third-order valence-corrected chi connectivity index (χ3v) is 3.52. The van der Waals surface area contributed by atoms with Crippen molar-refractivity contribution in [2.75, 3.05) is 5.73 Å². The second kappa shape index (κ2) is 6.24. The van der Waals surface area contributed by atoms with Crippen LogP contribution in [-0.2, 0) is 11.3 Å². The van der Waals surface area contributed by atoms with Crippen molar-refractivity contribution in [3.8, 4) is 0 Å². The van der Waals surface area contributed by atoms with Crippen molar-refractivity contribution in [1.82, 2.24) is 5.32 Å². The van der Waals surface area contributed by atoms with E-state index in [2.05, 4.69) is 5.32 Å². The number of anilines is 1. The zero-order valence-electron chi connectivity index (χ0n) is 11.9. The normalized spacial score (nSPS) is 11.9. The lowest BCUT2D eigenvalue weighted by Gasteiger charge is -2.14. The molecular weight excluding hydrogens is 248 g/mol. The monoisotopic (exact) mass is 268 g/mol. The maximum atomic E-state index is 12.2. The first kappa shape index (κ1) is 14.1. The number of hydrogen-bond donors (Lipinski definition) is 2. The zero-order valence-corrected chi connectivity index (χ0v) is 11.9. The van der Waals surface area contributed by atoms with Crippen LogP contribution in [-0.4, -0.2) is 5.91 Å². The van der Waals surface area contributed by atoms with Crippen LogP contribution in [0.5, 0.6) is 0 Å². The summed E-state index contributed by atoms with van der Waals surface area (Å²) >= 11 is 0. The molecule has 20 heavy (non-hydrogen) atoms. The number of carbonyl (C=O) groups is 1. The molecule has 3 N–H and O–H groups in total. The van der Waals surface area contributed by atoms with Gasteiger partial charge in [0.25, 0.3) is 0 Å². The van der Waals surface area contributed by atoms with Gasteiger partial charge in [0, 0.05) is 12.2 Å². The number of rotatable bonds is 4. The van der Waals surface area contributed by atoms with Crippen molar-refractivity contribution in [3.63, 3.8) is 0 Å². The molecule has 0 aromatic heterocycles. The fraction of sp³-hybridized carbons (Fsp3) is 0.235. The molecule has 0 heterocycles. The van der Waals surface area contributed by atoms with Gasteiger partial charge in [-0.3, -0.25) is 4.79 Å². The summed E-state index contributed by atoms with van der Waals surface area (Å²) in [5.74, 6) is -0.193. The smallest absolute Gasteiger partial charge is 0.227 e. The molecule has 0 aliphatic carbocycles. The molecular formula is C17H20N2O. The van der Waals surface area contributed by atoms with Crippen LogP contribution in [0.1, 0.15) is 29.5 Å². The number of benzene rings is 2. The molecule has 2 aromatic rings. The van der Waals surface area contributed by atoms with Crippen molar-refractivity contribution >= 4 is 11.6 Å². The van der Waals surface area contributed by atoms with Gasteiger partial charge in [0.2, 0.25) is 5.91 Å². The fourth-order valence-corrected chi connectivity index (χ4v) is 2.12. The standard InChI is InChI=1S/C17H20N2O/c1-12-6-3-4-7-15(12)11-19-17(20)13(2)14-8-5-9-16(18)10-14/h3-10,13H,11,18H2,1-2H3,(H,19,20). The van der Waals surface area contributed by atoms with E-state index >= 15 is 0 Å². The van der Waals surface area contributed by atoms with E-state index in [1.807, 2.05) is 62.4 Å². The summed E-state index contributed by atoms with van der Waals surface area (Å²) in [6, 6.07) is 15.5. The fourth-order valence-electron chi connectivity index (χ4n) is 2.12. The number of nitrogens with two attached hydrogens (primary N) is 1. The van der Waals surface area contributed by atoms with E-state index in [-0.39, 0.29) is 11.8 Å². The summed E-state index contributed by atoms with van der Waals surface area (Å²) in [4.78, 5) is 12.2. The largest absolute Gasteiger partial charge is 0.399 e. The average molecular weight is 268 g/mol. The van der Waals surface area contributed by atoms with Crippen LogP contribution in [0.2, 0.25) is 0 Å². The van der Waals surface area contributed by atoms with Crippen molar-refractivity contribution in [2.45, 2.75) is 26.3 Å².